The van der Waals surface area contributed by atoms with Crippen LogP contribution in [0, 0.1) is 5.92 Å². The Hall–Kier alpha value is -1.62. The normalized spacial score (nSPS) is 14.1. The van der Waals surface area contributed by atoms with E-state index in [9.17, 15) is 9.59 Å². The van der Waals surface area contributed by atoms with Crippen molar-refractivity contribution in [2.45, 2.75) is 45.6 Å². The zero-order valence-electron chi connectivity index (χ0n) is 15.3. The predicted molar refractivity (Wildman–Crippen MR) is 92.7 cm³/mol. The number of hydrogen-bond acceptors (Lipinski definition) is 4. The van der Waals surface area contributed by atoms with Crippen LogP contribution >= 0.6 is 0 Å². The van der Waals surface area contributed by atoms with Crippen LogP contribution in [-0.2, 0) is 21.5 Å². The summed E-state index contributed by atoms with van der Waals surface area (Å²) in [6, 6.07) is 3.40. The monoisotopic (exact) mass is 322 g/mol. The summed E-state index contributed by atoms with van der Waals surface area (Å²) in [5.41, 5.74) is -0.0519. The number of pyridine rings is 1. The molecule has 0 radical (unpaired) electrons. The van der Waals surface area contributed by atoms with Gasteiger partial charge in [0.1, 0.15) is 5.54 Å². The number of ether oxygens (including phenoxy) is 1. The van der Waals surface area contributed by atoms with Gasteiger partial charge in [-0.2, -0.15) is 0 Å². The van der Waals surface area contributed by atoms with Gasteiger partial charge in [0.05, 0.1) is 7.11 Å². The molecule has 1 atom stereocenters. The molecule has 1 rings (SSSR count). The molecule has 0 N–H and O–H groups in total. The minimum atomic E-state index is -0.936. The van der Waals surface area contributed by atoms with Crippen molar-refractivity contribution in [3.05, 3.63) is 34.2 Å². The van der Waals surface area contributed by atoms with Gasteiger partial charge in [-0.05, 0) is 44.8 Å². The second-order valence-electron chi connectivity index (χ2n) is 6.77. The molecule has 0 saturated heterocycles. The lowest BCUT2D eigenvalue weighted by Crippen LogP contribution is -2.48. The van der Waals surface area contributed by atoms with Crippen LogP contribution in [-0.4, -0.2) is 43.2 Å². The van der Waals surface area contributed by atoms with Crippen molar-refractivity contribution in [1.29, 1.82) is 0 Å². The lowest BCUT2D eigenvalue weighted by Gasteiger charge is -2.34. The highest BCUT2D eigenvalue weighted by atomic mass is 16.5. The smallest absolute Gasteiger partial charge is 0.332 e. The number of likely N-dealkylation sites (N-methyl/N-ethyl adjacent to an activating group) is 1. The molecule has 1 aromatic heterocycles. The summed E-state index contributed by atoms with van der Waals surface area (Å²) >= 11 is 0. The SMILES string of the molecule is CCC(CC(C)C)(C(=O)OC)n1cc(CCN(C)C)ccc1=O. The fourth-order valence-electron chi connectivity index (χ4n) is 2.97. The Labute approximate surface area is 139 Å². The summed E-state index contributed by atoms with van der Waals surface area (Å²) in [5.74, 6) is -0.0769. The van der Waals surface area contributed by atoms with E-state index in [0.717, 1.165) is 18.5 Å². The lowest BCUT2D eigenvalue weighted by molar-refractivity contribution is -0.153. The van der Waals surface area contributed by atoms with Gasteiger partial charge >= 0.3 is 5.97 Å². The average molecular weight is 322 g/mol. The highest BCUT2D eigenvalue weighted by molar-refractivity contribution is 5.78. The van der Waals surface area contributed by atoms with Crippen molar-refractivity contribution in [2.75, 3.05) is 27.7 Å². The number of hydrogen-bond donors (Lipinski definition) is 0. The molecule has 5 heteroatoms. The van der Waals surface area contributed by atoms with Gasteiger partial charge in [-0.15, -0.1) is 0 Å². The summed E-state index contributed by atoms with van der Waals surface area (Å²) in [5, 5.41) is 0. The molecule has 0 fully saturated rings. The molecule has 0 aliphatic carbocycles. The third-order valence-corrected chi connectivity index (χ3v) is 4.18. The van der Waals surface area contributed by atoms with Crippen molar-refractivity contribution in [1.82, 2.24) is 9.47 Å². The maximum Gasteiger partial charge on any atom is 0.332 e. The van der Waals surface area contributed by atoms with Crippen LogP contribution in [0.2, 0.25) is 0 Å². The first kappa shape index (κ1) is 19.4. The standard InChI is InChI=1S/C18H30N2O3/c1-7-18(12-14(2)3,17(22)23-6)20-13-15(8-9-16(20)21)10-11-19(4)5/h8-9,13-14H,7,10-12H2,1-6H3. The molecule has 0 spiro atoms. The summed E-state index contributed by atoms with van der Waals surface area (Å²) in [7, 11) is 5.41. The molecule has 23 heavy (non-hydrogen) atoms. The van der Waals surface area contributed by atoms with Crippen LogP contribution in [0.3, 0.4) is 0 Å². The van der Waals surface area contributed by atoms with Gasteiger partial charge in [-0.25, -0.2) is 4.79 Å². The number of carbonyl (C=O) groups is 1. The highest BCUT2D eigenvalue weighted by Crippen LogP contribution is 2.30. The zero-order valence-corrected chi connectivity index (χ0v) is 15.3. The summed E-state index contributed by atoms with van der Waals surface area (Å²) in [6.45, 7) is 6.92. The van der Waals surface area contributed by atoms with Crippen LogP contribution in [0.25, 0.3) is 0 Å². The maximum atomic E-state index is 12.5. The van der Waals surface area contributed by atoms with Crippen molar-refractivity contribution >= 4 is 5.97 Å². The molecule has 1 heterocycles. The van der Waals surface area contributed by atoms with Gasteiger partial charge in [0.2, 0.25) is 0 Å². The Morgan fingerprint density at radius 2 is 2.00 bits per heavy atom. The average Bonchev–Trinajstić information content (AvgIpc) is 2.50. The van der Waals surface area contributed by atoms with Crippen molar-refractivity contribution in [3.8, 4) is 0 Å². The van der Waals surface area contributed by atoms with Crippen molar-refractivity contribution in [3.63, 3.8) is 0 Å². The molecule has 0 aromatic carbocycles. The molecule has 1 unspecified atom stereocenters. The number of rotatable bonds is 8. The number of esters is 1. The maximum absolute atomic E-state index is 12.5. The Morgan fingerprint density at radius 3 is 2.48 bits per heavy atom. The molecule has 130 valence electrons. The number of methoxy groups -OCH3 is 1. The van der Waals surface area contributed by atoms with Gasteiger partial charge in [0, 0.05) is 18.8 Å². The van der Waals surface area contributed by atoms with E-state index in [0.29, 0.717) is 12.8 Å². The van der Waals surface area contributed by atoms with E-state index in [1.54, 1.807) is 10.6 Å². The molecule has 0 saturated carbocycles. The molecule has 1 aromatic rings. The third kappa shape index (κ3) is 4.67. The third-order valence-electron chi connectivity index (χ3n) is 4.18. The minimum Gasteiger partial charge on any atom is -0.467 e. The van der Waals surface area contributed by atoms with Crippen LogP contribution in [0.15, 0.2) is 23.1 Å². The fourth-order valence-corrected chi connectivity index (χ4v) is 2.97. The van der Waals surface area contributed by atoms with Gasteiger partial charge in [0.15, 0.2) is 0 Å². The summed E-state index contributed by atoms with van der Waals surface area (Å²) < 4.78 is 6.64. The Kier molecular flexibility index (Phi) is 7.01. The molecule has 0 bridgehead atoms. The van der Waals surface area contributed by atoms with E-state index >= 15 is 0 Å². The fraction of sp³-hybridized carbons (Fsp3) is 0.667. The Morgan fingerprint density at radius 1 is 1.35 bits per heavy atom. The Balaban J connectivity index is 3.37. The van der Waals surface area contributed by atoms with Crippen LogP contribution in [0.4, 0.5) is 0 Å². The van der Waals surface area contributed by atoms with E-state index in [1.807, 2.05) is 47.1 Å². The largest absolute Gasteiger partial charge is 0.467 e. The van der Waals surface area contributed by atoms with E-state index in [2.05, 4.69) is 4.90 Å². The predicted octanol–water partition coefficient (Wildman–Crippen LogP) is 2.28. The Bertz CT molecular complexity index is 578. The summed E-state index contributed by atoms with van der Waals surface area (Å²) in [6.07, 6.45) is 3.76. The number of nitrogens with zero attached hydrogens (tertiary/aromatic N) is 2. The van der Waals surface area contributed by atoms with Crippen LogP contribution < -0.4 is 5.56 Å². The van der Waals surface area contributed by atoms with E-state index < -0.39 is 5.54 Å². The highest BCUT2D eigenvalue weighted by Gasteiger charge is 2.41. The van der Waals surface area contributed by atoms with Crippen molar-refractivity contribution < 1.29 is 9.53 Å². The van der Waals surface area contributed by atoms with E-state index in [-0.39, 0.29) is 17.4 Å². The first-order valence-electron chi connectivity index (χ1n) is 8.22. The zero-order chi connectivity index (χ0) is 17.6. The van der Waals surface area contributed by atoms with Gasteiger partial charge in [-0.1, -0.05) is 26.8 Å². The van der Waals surface area contributed by atoms with Gasteiger partial charge in [-0.3, -0.25) is 9.36 Å². The first-order valence-corrected chi connectivity index (χ1v) is 8.22. The van der Waals surface area contributed by atoms with E-state index in [4.69, 9.17) is 4.74 Å². The van der Waals surface area contributed by atoms with Crippen molar-refractivity contribution in [2.24, 2.45) is 5.92 Å². The summed E-state index contributed by atoms with van der Waals surface area (Å²) in [4.78, 5) is 27.1. The van der Waals surface area contributed by atoms with E-state index in [1.165, 1.54) is 7.11 Å². The molecule has 0 aliphatic heterocycles. The lowest BCUT2D eigenvalue weighted by atomic mass is 9.85. The van der Waals surface area contributed by atoms with Gasteiger partial charge in [0.25, 0.3) is 5.56 Å². The second-order valence-corrected chi connectivity index (χ2v) is 6.77. The minimum absolute atomic E-state index is 0.161. The van der Waals surface area contributed by atoms with Crippen LogP contribution in [0.1, 0.15) is 39.2 Å². The van der Waals surface area contributed by atoms with Gasteiger partial charge < -0.3 is 9.64 Å². The first-order chi connectivity index (χ1) is 10.8. The second kappa shape index (κ2) is 8.29. The number of aromatic nitrogens is 1. The number of carbonyl (C=O) groups excluding carboxylic acids is 1. The topological polar surface area (TPSA) is 51.5 Å². The molecular weight excluding hydrogens is 292 g/mol. The molecule has 0 aliphatic rings. The van der Waals surface area contributed by atoms with Crippen LogP contribution in [0.5, 0.6) is 0 Å². The molecular formula is C18H30N2O3. The quantitative estimate of drug-likeness (QED) is 0.689. The molecule has 5 nitrogen and oxygen atoms in total. The molecule has 0 amide bonds.